The molecule has 0 spiro atoms. The van der Waals surface area contributed by atoms with Gasteiger partial charge in [0.15, 0.2) is 5.78 Å². The third-order valence-corrected chi connectivity index (χ3v) is 3.65. The summed E-state index contributed by atoms with van der Waals surface area (Å²) in [6.07, 6.45) is 2.42. The van der Waals surface area contributed by atoms with Crippen molar-refractivity contribution in [1.29, 1.82) is 0 Å². The van der Waals surface area contributed by atoms with Gasteiger partial charge in [0.1, 0.15) is 0 Å². The van der Waals surface area contributed by atoms with E-state index in [-0.39, 0.29) is 11.5 Å². The number of carbonyl (C=O) groups is 1. The molecule has 4 heteroatoms. The van der Waals surface area contributed by atoms with Crippen molar-refractivity contribution in [3.05, 3.63) is 63.7 Å². The lowest BCUT2D eigenvalue weighted by atomic mass is 9.88. The molecule has 0 aliphatic heterocycles. The van der Waals surface area contributed by atoms with Gasteiger partial charge >= 0.3 is 0 Å². The van der Waals surface area contributed by atoms with E-state index in [0.717, 1.165) is 35.1 Å². The van der Waals surface area contributed by atoms with E-state index in [2.05, 4.69) is 0 Å². The maximum absolute atomic E-state index is 11.9. The molecule has 0 heterocycles. The fraction of sp³-hybridized carbons (Fsp3) is 0.188. The zero-order chi connectivity index (χ0) is 14.1. The van der Waals surface area contributed by atoms with Crippen LogP contribution >= 0.6 is 0 Å². The van der Waals surface area contributed by atoms with E-state index in [9.17, 15) is 14.9 Å². The Morgan fingerprint density at radius 3 is 2.60 bits per heavy atom. The van der Waals surface area contributed by atoms with Crippen LogP contribution < -0.4 is 0 Å². The summed E-state index contributed by atoms with van der Waals surface area (Å²) < 4.78 is 0. The summed E-state index contributed by atoms with van der Waals surface area (Å²) in [5, 5.41) is 10.8. The Labute approximate surface area is 116 Å². The number of hydrogen-bond acceptors (Lipinski definition) is 3. The average Bonchev–Trinajstić information content (AvgIpc) is 2.47. The number of nitrogens with zero attached hydrogens (tertiary/aromatic N) is 1. The van der Waals surface area contributed by atoms with Crippen LogP contribution in [0, 0.1) is 10.1 Å². The van der Waals surface area contributed by atoms with Gasteiger partial charge in [0.2, 0.25) is 0 Å². The number of nitro benzene ring substituents is 1. The fourth-order valence-corrected chi connectivity index (χ4v) is 2.61. The average molecular weight is 267 g/mol. The number of fused-ring (bicyclic) bond motifs is 1. The van der Waals surface area contributed by atoms with Gasteiger partial charge in [-0.15, -0.1) is 0 Å². The molecule has 0 aromatic heterocycles. The number of hydrogen-bond donors (Lipinski definition) is 0. The first-order valence-electron chi connectivity index (χ1n) is 6.56. The number of ketones is 1. The van der Waals surface area contributed by atoms with Crippen LogP contribution in [0.15, 0.2) is 42.5 Å². The van der Waals surface area contributed by atoms with Gasteiger partial charge in [0, 0.05) is 24.1 Å². The smallest absolute Gasteiger partial charge is 0.270 e. The molecule has 0 amide bonds. The van der Waals surface area contributed by atoms with Crippen molar-refractivity contribution in [2.75, 3.05) is 0 Å². The maximum Gasteiger partial charge on any atom is 0.270 e. The highest BCUT2D eigenvalue weighted by atomic mass is 16.6. The summed E-state index contributed by atoms with van der Waals surface area (Å²) in [6, 6.07) is 12.2. The molecule has 1 aliphatic carbocycles. The van der Waals surface area contributed by atoms with E-state index in [4.69, 9.17) is 0 Å². The predicted octanol–water partition coefficient (Wildman–Crippen LogP) is 3.78. The molecule has 0 unspecified atom stereocenters. The minimum absolute atomic E-state index is 0.0616. The van der Waals surface area contributed by atoms with Crippen LogP contribution in [0.1, 0.15) is 28.8 Å². The molecule has 0 fully saturated rings. The van der Waals surface area contributed by atoms with Crippen molar-refractivity contribution in [2.24, 2.45) is 0 Å². The second kappa shape index (κ2) is 4.89. The van der Waals surface area contributed by atoms with E-state index in [1.807, 2.05) is 24.3 Å². The zero-order valence-corrected chi connectivity index (χ0v) is 10.8. The van der Waals surface area contributed by atoms with Gasteiger partial charge in [0.25, 0.3) is 5.69 Å². The molecule has 2 aromatic carbocycles. The first-order valence-corrected chi connectivity index (χ1v) is 6.56. The summed E-state index contributed by atoms with van der Waals surface area (Å²) in [7, 11) is 0. The van der Waals surface area contributed by atoms with Gasteiger partial charge in [-0.3, -0.25) is 14.9 Å². The molecular weight excluding hydrogens is 254 g/mol. The fourth-order valence-electron chi connectivity index (χ4n) is 2.61. The number of Topliss-reactive ketones (excluding diaryl/α,β-unsaturated/α-hetero) is 1. The zero-order valence-electron chi connectivity index (χ0n) is 10.8. The second-order valence-corrected chi connectivity index (χ2v) is 4.96. The van der Waals surface area contributed by atoms with E-state index >= 15 is 0 Å². The predicted molar refractivity (Wildman–Crippen MR) is 75.8 cm³/mol. The molecule has 0 saturated carbocycles. The Morgan fingerprint density at radius 2 is 1.80 bits per heavy atom. The molecule has 0 saturated heterocycles. The molecule has 0 atom stereocenters. The second-order valence-electron chi connectivity index (χ2n) is 4.96. The molecule has 0 radical (unpaired) electrons. The summed E-state index contributed by atoms with van der Waals surface area (Å²) in [5.74, 6) is 0.165. The third kappa shape index (κ3) is 2.20. The molecule has 4 nitrogen and oxygen atoms in total. The van der Waals surface area contributed by atoms with E-state index < -0.39 is 4.92 Å². The maximum atomic E-state index is 11.9. The largest absolute Gasteiger partial charge is 0.294 e. The molecule has 20 heavy (non-hydrogen) atoms. The quantitative estimate of drug-likeness (QED) is 0.614. The van der Waals surface area contributed by atoms with Crippen molar-refractivity contribution >= 4 is 11.5 Å². The van der Waals surface area contributed by atoms with Gasteiger partial charge in [-0.05, 0) is 35.6 Å². The van der Waals surface area contributed by atoms with Gasteiger partial charge in [-0.25, -0.2) is 0 Å². The van der Waals surface area contributed by atoms with Crippen LogP contribution in [-0.2, 0) is 6.42 Å². The minimum Gasteiger partial charge on any atom is -0.294 e. The summed E-state index contributed by atoms with van der Waals surface area (Å²) in [6.45, 7) is 0. The van der Waals surface area contributed by atoms with E-state index in [0.29, 0.717) is 6.42 Å². The topological polar surface area (TPSA) is 60.2 Å². The number of nitro groups is 1. The van der Waals surface area contributed by atoms with Gasteiger partial charge in [-0.1, -0.05) is 24.3 Å². The molecule has 100 valence electrons. The molecule has 3 rings (SSSR count). The number of non-ortho nitro benzene ring substituents is 1. The SMILES string of the molecule is O=C1CCCc2ccc(-c3cccc([N+](=O)[O-])c3)cc21. The standard InChI is InChI=1S/C16H13NO3/c18-16-6-2-3-11-7-8-13(10-15(11)16)12-4-1-5-14(9-12)17(19)20/h1,4-5,7-10H,2-3,6H2. The number of rotatable bonds is 2. The summed E-state index contributed by atoms with van der Waals surface area (Å²) in [4.78, 5) is 22.3. The first-order chi connectivity index (χ1) is 9.65. The molecule has 1 aliphatic rings. The van der Waals surface area contributed by atoms with Gasteiger partial charge in [-0.2, -0.15) is 0 Å². The lowest BCUT2D eigenvalue weighted by Gasteiger charge is -2.15. The van der Waals surface area contributed by atoms with Crippen LogP contribution in [0.2, 0.25) is 0 Å². The molecular formula is C16H13NO3. The van der Waals surface area contributed by atoms with Gasteiger partial charge < -0.3 is 0 Å². The highest BCUT2D eigenvalue weighted by Crippen LogP contribution is 2.29. The minimum atomic E-state index is -0.410. The Morgan fingerprint density at radius 1 is 1.00 bits per heavy atom. The van der Waals surface area contributed by atoms with Crippen LogP contribution in [0.3, 0.4) is 0 Å². The van der Waals surface area contributed by atoms with Crippen molar-refractivity contribution in [3.63, 3.8) is 0 Å². The van der Waals surface area contributed by atoms with Crippen LogP contribution in [0.25, 0.3) is 11.1 Å². The Bertz CT molecular complexity index is 707. The highest BCUT2D eigenvalue weighted by molar-refractivity contribution is 5.99. The van der Waals surface area contributed by atoms with Crippen molar-refractivity contribution < 1.29 is 9.72 Å². The lowest BCUT2D eigenvalue weighted by Crippen LogP contribution is -2.10. The van der Waals surface area contributed by atoms with Gasteiger partial charge in [0.05, 0.1) is 4.92 Å². The molecule has 0 bridgehead atoms. The van der Waals surface area contributed by atoms with Crippen LogP contribution in [0.5, 0.6) is 0 Å². The number of carbonyl (C=O) groups excluding carboxylic acids is 1. The Hall–Kier alpha value is -2.49. The van der Waals surface area contributed by atoms with E-state index in [1.165, 1.54) is 12.1 Å². The van der Waals surface area contributed by atoms with Crippen LogP contribution in [0.4, 0.5) is 5.69 Å². The Kier molecular flexibility index (Phi) is 3.06. The Balaban J connectivity index is 2.07. The summed E-state index contributed by atoms with van der Waals surface area (Å²) in [5.41, 5.74) is 3.52. The third-order valence-electron chi connectivity index (χ3n) is 3.65. The first kappa shape index (κ1) is 12.5. The summed E-state index contributed by atoms with van der Waals surface area (Å²) >= 11 is 0. The molecule has 2 aromatic rings. The van der Waals surface area contributed by atoms with E-state index in [1.54, 1.807) is 6.07 Å². The number of benzene rings is 2. The monoisotopic (exact) mass is 267 g/mol. The normalized spacial score (nSPS) is 13.9. The van der Waals surface area contributed by atoms with Crippen molar-refractivity contribution in [1.82, 2.24) is 0 Å². The van der Waals surface area contributed by atoms with Crippen LogP contribution in [-0.4, -0.2) is 10.7 Å². The highest BCUT2D eigenvalue weighted by Gasteiger charge is 2.18. The lowest BCUT2D eigenvalue weighted by molar-refractivity contribution is -0.384. The van der Waals surface area contributed by atoms with Crippen molar-refractivity contribution in [3.8, 4) is 11.1 Å². The number of aryl methyl sites for hydroxylation is 1. The molecule has 0 N–H and O–H groups in total. The van der Waals surface area contributed by atoms with Crippen molar-refractivity contribution in [2.45, 2.75) is 19.3 Å².